The highest BCUT2D eigenvalue weighted by atomic mass is 32.1. The Bertz CT molecular complexity index is 578. The maximum Gasteiger partial charge on any atom is 0.226 e. The van der Waals surface area contributed by atoms with Crippen LogP contribution in [0.1, 0.15) is 42.2 Å². The van der Waals surface area contributed by atoms with Gasteiger partial charge in [-0.05, 0) is 31.2 Å². The van der Waals surface area contributed by atoms with E-state index in [9.17, 15) is 4.79 Å². The first-order valence-corrected chi connectivity index (χ1v) is 7.80. The number of nitrogens with zero attached hydrogens (tertiary/aromatic N) is 2. The molecule has 0 radical (unpaired) electrons. The van der Waals surface area contributed by atoms with Crippen LogP contribution in [0.2, 0.25) is 0 Å². The zero-order valence-corrected chi connectivity index (χ0v) is 12.0. The van der Waals surface area contributed by atoms with Crippen molar-refractivity contribution in [3.05, 3.63) is 40.9 Å². The molecule has 1 aromatic heterocycles. The number of amides is 1. The average Bonchev–Trinajstić information content (AvgIpc) is 3.21. The molecule has 0 aliphatic heterocycles. The van der Waals surface area contributed by atoms with E-state index >= 15 is 0 Å². The maximum absolute atomic E-state index is 11.8. The number of anilines is 1. The predicted octanol–water partition coefficient (Wildman–Crippen LogP) is 3.38. The van der Waals surface area contributed by atoms with E-state index in [2.05, 4.69) is 27.6 Å². The second-order valence-corrected chi connectivity index (χ2v) is 6.12. The van der Waals surface area contributed by atoms with Crippen LogP contribution in [0.15, 0.2) is 30.3 Å². The summed E-state index contributed by atoms with van der Waals surface area (Å²) in [5.41, 5.74) is 1.27. The normalized spacial score (nSPS) is 14.2. The first-order chi connectivity index (χ1) is 9.81. The molecule has 1 N–H and O–H groups in total. The molecule has 0 atom stereocenters. The minimum atomic E-state index is 0.0272. The highest BCUT2D eigenvalue weighted by Crippen LogP contribution is 2.42. The zero-order valence-electron chi connectivity index (χ0n) is 11.2. The summed E-state index contributed by atoms with van der Waals surface area (Å²) in [7, 11) is 0. The Morgan fingerprint density at radius 2 is 2.05 bits per heavy atom. The fourth-order valence-corrected chi connectivity index (χ4v) is 2.99. The van der Waals surface area contributed by atoms with E-state index in [0.717, 1.165) is 17.8 Å². The molecule has 0 unspecified atom stereocenters. The van der Waals surface area contributed by atoms with E-state index in [-0.39, 0.29) is 5.91 Å². The SMILES string of the molecule is O=C(CCCc1ccccc1)Nc1nnc(C2CC2)s1. The molecule has 1 saturated carbocycles. The molecule has 2 aromatic rings. The Balaban J connectivity index is 1.42. The van der Waals surface area contributed by atoms with E-state index < -0.39 is 0 Å². The molecule has 1 aromatic carbocycles. The maximum atomic E-state index is 11.8. The topological polar surface area (TPSA) is 54.9 Å². The number of rotatable bonds is 6. The number of nitrogens with one attached hydrogen (secondary N) is 1. The van der Waals surface area contributed by atoms with Gasteiger partial charge in [0.1, 0.15) is 5.01 Å². The predicted molar refractivity (Wildman–Crippen MR) is 79.9 cm³/mol. The molecule has 1 fully saturated rings. The second kappa shape index (κ2) is 6.13. The minimum Gasteiger partial charge on any atom is -0.301 e. The summed E-state index contributed by atoms with van der Waals surface area (Å²) in [5.74, 6) is 0.621. The number of carbonyl (C=O) groups is 1. The molecule has 1 aliphatic carbocycles. The molecule has 3 rings (SSSR count). The Kier molecular flexibility index (Phi) is 4.06. The van der Waals surface area contributed by atoms with Crippen molar-refractivity contribution < 1.29 is 4.79 Å². The molecule has 20 heavy (non-hydrogen) atoms. The van der Waals surface area contributed by atoms with Crippen LogP contribution in [0, 0.1) is 0 Å². The summed E-state index contributed by atoms with van der Waals surface area (Å²) in [5, 5.41) is 12.7. The quantitative estimate of drug-likeness (QED) is 0.886. The van der Waals surface area contributed by atoms with Gasteiger partial charge in [-0.3, -0.25) is 4.79 Å². The Hall–Kier alpha value is -1.75. The van der Waals surface area contributed by atoms with Gasteiger partial charge in [0.2, 0.25) is 11.0 Å². The lowest BCUT2D eigenvalue weighted by molar-refractivity contribution is -0.116. The second-order valence-electron chi connectivity index (χ2n) is 5.11. The van der Waals surface area contributed by atoms with Gasteiger partial charge < -0.3 is 5.32 Å². The third kappa shape index (κ3) is 3.63. The average molecular weight is 287 g/mol. The van der Waals surface area contributed by atoms with Gasteiger partial charge in [-0.25, -0.2) is 0 Å². The molecule has 1 heterocycles. The van der Waals surface area contributed by atoms with Crippen molar-refractivity contribution in [2.24, 2.45) is 0 Å². The van der Waals surface area contributed by atoms with E-state index in [1.165, 1.54) is 29.7 Å². The fourth-order valence-electron chi connectivity index (χ4n) is 2.06. The van der Waals surface area contributed by atoms with Crippen LogP contribution in [-0.4, -0.2) is 16.1 Å². The largest absolute Gasteiger partial charge is 0.301 e. The van der Waals surface area contributed by atoms with Gasteiger partial charge in [0.05, 0.1) is 0 Å². The van der Waals surface area contributed by atoms with Gasteiger partial charge in [-0.2, -0.15) is 0 Å². The van der Waals surface area contributed by atoms with Crippen LogP contribution in [-0.2, 0) is 11.2 Å². The van der Waals surface area contributed by atoms with Crippen molar-refractivity contribution in [3.63, 3.8) is 0 Å². The Labute approximate surface area is 122 Å². The summed E-state index contributed by atoms with van der Waals surface area (Å²) in [6.07, 6.45) is 4.72. The van der Waals surface area contributed by atoms with Gasteiger partial charge >= 0.3 is 0 Å². The first kappa shape index (κ1) is 13.2. The number of aromatic nitrogens is 2. The Morgan fingerprint density at radius 3 is 2.80 bits per heavy atom. The number of carbonyl (C=O) groups excluding carboxylic acids is 1. The van der Waals surface area contributed by atoms with Crippen LogP contribution in [0.4, 0.5) is 5.13 Å². The lowest BCUT2D eigenvalue weighted by Gasteiger charge is -2.01. The number of benzene rings is 1. The van der Waals surface area contributed by atoms with Crippen LogP contribution in [0.3, 0.4) is 0 Å². The van der Waals surface area contributed by atoms with Crippen molar-refractivity contribution in [1.82, 2.24) is 10.2 Å². The lowest BCUT2D eigenvalue weighted by Crippen LogP contribution is -2.11. The van der Waals surface area contributed by atoms with Crippen LogP contribution >= 0.6 is 11.3 Å². The summed E-state index contributed by atoms with van der Waals surface area (Å²) >= 11 is 1.51. The van der Waals surface area contributed by atoms with Crippen LogP contribution in [0.25, 0.3) is 0 Å². The van der Waals surface area contributed by atoms with Crippen molar-refractivity contribution in [2.75, 3.05) is 5.32 Å². The molecule has 5 heteroatoms. The number of aryl methyl sites for hydroxylation is 1. The van der Waals surface area contributed by atoms with Crippen molar-refractivity contribution in [3.8, 4) is 0 Å². The molecule has 1 aliphatic rings. The van der Waals surface area contributed by atoms with Crippen LogP contribution < -0.4 is 5.32 Å². The van der Waals surface area contributed by atoms with Gasteiger partial charge in [0.25, 0.3) is 0 Å². The Morgan fingerprint density at radius 1 is 1.25 bits per heavy atom. The van der Waals surface area contributed by atoms with Gasteiger partial charge in [0.15, 0.2) is 0 Å². The lowest BCUT2D eigenvalue weighted by atomic mass is 10.1. The van der Waals surface area contributed by atoms with Crippen LogP contribution in [0.5, 0.6) is 0 Å². The molecule has 0 spiro atoms. The standard InChI is InChI=1S/C15H17N3OS/c19-13(8-4-7-11-5-2-1-3-6-11)16-15-18-17-14(20-15)12-9-10-12/h1-3,5-6,12H,4,7-10H2,(H,16,18,19). The zero-order chi connectivity index (χ0) is 13.8. The fraction of sp³-hybridized carbons (Fsp3) is 0.400. The van der Waals surface area contributed by atoms with Gasteiger partial charge in [-0.15, -0.1) is 10.2 Å². The first-order valence-electron chi connectivity index (χ1n) is 6.98. The third-order valence-electron chi connectivity index (χ3n) is 3.33. The van der Waals surface area contributed by atoms with Crippen molar-refractivity contribution >= 4 is 22.4 Å². The van der Waals surface area contributed by atoms with Gasteiger partial charge in [-0.1, -0.05) is 41.7 Å². The van der Waals surface area contributed by atoms with E-state index in [1.54, 1.807) is 0 Å². The minimum absolute atomic E-state index is 0.0272. The monoisotopic (exact) mass is 287 g/mol. The summed E-state index contributed by atoms with van der Waals surface area (Å²) in [6, 6.07) is 10.2. The molecule has 104 valence electrons. The molecule has 0 bridgehead atoms. The van der Waals surface area contributed by atoms with E-state index in [0.29, 0.717) is 17.5 Å². The molecule has 1 amide bonds. The number of hydrogen-bond donors (Lipinski definition) is 1. The van der Waals surface area contributed by atoms with E-state index in [1.807, 2.05) is 18.2 Å². The van der Waals surface area contributed by atoms with Crippen molar-refractivity contribution in [1.29, 1.82) is 0 Å². The van der Waals surface area contributed by atoms with E-state index in [4.69, 9.17) is 0 Å². The summed E-state index contributed by atoms with van der Waals surface area (Å²) in [4.78, 5) is 11.8. The third-order valence-corrected chi connectivity index (χ3v) is 4.33. The number of hydrogen-bond acceptors (Lipinski definition) is 4. The highest BCUT2D eigenvalue weighted by molar-refractivity contribution is 7.15. The molecule has 4 nitrogen and oxygen atoms in total. The smallest absolute Gasteiger partial charge is 0.226 e. The highest BCUT2D eigenvalue weighted by Gasteiger charge is 2.27. The van der Waals surface area contributed by atoms with Gasteiger partial charge in [0, 0.05) is 12.3 Å². The molecular weight excluding hydrogens is 270 g/mol. The molecule has 0 saturated heterocycles. The summed E-state index contributed by atoms with van der Waals surface area (Å²) < 4.78 is 0. The van der Waals surface area contributed by atoms with Crippen molar-refractivity contribution in [2.45, 2.75) is 38.0 Å². The summed E-state index contributed by atoms with van der Waals surface area (Å²) in [6.45, 7) is 0. The molecular formula is C15H17N3OS.